The minimum absolute atomic E-state index is 0.0919. The number of pyridine rings is 3. The van der Waals surface area contributed by atoms with E-state index in [4.69, 9.17) is 4.98 Å². The molecule has 0 fully saturated rings. The van der Waals surface area contributed by atoms with E-state index in [-0.39, 0.29) is 5.78 Å². The van der Waals surface area contributed by atoms with E-state index in [1.165, 1.54) is 0 Å². The molecule has 120 valence electrons. The Morgan fingerprint density at radius 3 is 2.56 bits per heavy atom. The van der Waals surface area contributed by atoms with Crippen molar-refractivity contribution in [2.24, 2.45) is 0 Å². The van der Waals surface area contributed by atoms with Gasteiger partial charge >= 0.3 is 0 Å². The Hall–Kier alpha value is -3.34. The smallest absolute Gasteiger partial charge is 0.214 e. The Morgan fingerprint density at radius 2 is 1.72 bits per heavy atom. The Balaban J connectivity index is 2.07. The predicted octanol–water partition coefficient (Wildman–Crippen LogP) is 3.46. The van der Waals surface area contributed by atoms with Gasteiger partial charge < -0.3 is 4.90 Å². The largest absolute Gasteiger partial charge is 0.363 e. The highest BCUT2D eigenvalue weighted by Crippen LogP contribution is 2.40. The third-order valence-electron chi connectivity index (χ3n) is 4.62. The molecule has 3 heterocycles. The second-order valence-electron chi connectivity index (χ2n) is 6.35. The molecule has 5 nitrogen and oxygen atoms in total. The summed E-state index contributed by atoms with van der Waals surface area (Å²) in [5, 5.41) is 2.79. The molecule has 0 amide bonds. The first-order valence-electron chi connectivity index (χ1n) is 8.06. The van der Waals surface area contributed by atoms with Crippen molar-refractivity contribution in [3.8, 4) is 11.4 Å². The maximum atomic E-state index is 13.0. The van der Waals surface area contributed by atoms with Crippen LogP contribution in [0.1, 0.15) is 16.1 Å². The van der Waals surface area contributed by atoms with E-state index in [0.29, 0.717) is 17.0 Å². The quantitative estimate of drug-likeness (QED) is 0.442. The highest BCUT2D eigenvalue weighted by molar-refractivity contribution is 6.27. The lowest BCUT2D eigenvalue weighted by Crippen LogP contribution is -2.17. The fraction of sp³-hybridized carbons (Fsp3) is 0.100. The van der Waals surface area contributed by atoms with Gasteiger partial charge in [-0.1, -0.05) is 18.2 Å². The maximum Gasteiger partial charge on any atom is 0.214 e. The Kier molecular flexibility index (Phi) is 2.71. The van der Waals surface area contributed by atoms with E-state index >= 15 is 0 Å². The average molecular weight is 326 g/mol. The number of ketones is 1. The molecule has 0 bridgehead atoms. The van der Waals surface area contributed by atoms with Crippen LogP contribution in [0.2, 0.25) is 0 Å². The van der Waals surface area contributed by atoms with Crippen LogP contribution in [-0.4, -0.2) is 34.8 Å². The molecule has 0 saturated heterocycles. The van der Waals surface area contributed by atoms with Crippen LogP contribution in [0.3, 0.4) is 0 Å². The lowest BCUT2D eigenvalue weighted by atomic mass is 9.90. The zero-order chi connectivity index (χ0) is 17.1. The number of hydrogen-bond acceptors (Lipinski definition) is 5. The molecule has 3 aromatic heterocycles. The van der Waals surface area contributed by atoms with Gasteiger partial charge in [0.25, 0.3) is 0 Å². The first-order chi connectivity index (χ1) is 12.1. The van der Waals surface area contributed by atoms with E-state index in [0.717, 1.165) is 33.2 Å². The second kappa shape index (κ2) is 4.83. The number of carbonyl (C=O) groups is 1. The van der Waals surface area contributed by atoms with E-state index in [9.17, 15) is 4.79 Å². The average Bonchev–Trinajstić information content (AvgIpc) is 2.65. The van der Waals surface area contributed by atoms with Gasteiger partial charge in [0.05, 0.1) is 11.1 Å². The number of para-hydroxylation sites is 1. The van der Waals surface area contributed by atoms with Gasteiger partial charge in [-0.3, -0.25) is 9.78 Å². The van der Waals surface area contributed by atoms with Crippen molar-refractivity contribution in [2.75, 3.05) is 19.0 Å². The molecular weight excluding hydrogens is 312 g/mol. The first-order valence-corrected chi connectivity index (χ1v) is 8.06. The fourth-order valence-corrected chi connectivity index (χ4v) is 3.43. The third-order valence-corrected chi connectivity index (χ3v) is 4.62. The van der Waals surface area contributed by atoms with Gasteiger partial charge in [-0.15, -0.1) is 0 Å². The molecule has 5 heteroatoms. The zero-order valence-corrected chi connectivity index (χ0v) is 13.8. The number of carbonyl (C=O) groups excluding carboxylic acids is 1. The van der Waals surface area contributed by atoms with Crippen LogP contribution in [0, 0.1) is 0 Å². The third kappa shape index (κ3) is 1.83. The molecule has 5 rings (SSSR count). The fourth-order valence-electron chi connectivity index (χ4n) is 3.43. The molecule has 0 unspecified atom stereocenters. The molecule has 4 aromatic rings. The van der Waals surface area contributed by atoms with E-state index in [1.54, 1.807) is 18.3 Å². The highest BCUT2D eigenvalue weighted by Gasteiger charge is 2.30. The van der Waals surface area contributed by atoms with Crippen molar-refractivity contribution >= 4 is 33.3 Å². The summed E-state index contributed by atoms with van der Waals surface area (Å²) in [5.41, 5.74) is 3.19. The van der Waals surface area contributed by atoms with Crippen LogP contribution in [0.4, 0.5) is 5.82 Å². The molecular formula is C20H14N4O. The summed E-state index contributed by atoms with van der Waals surface area (Å²) in [6.07, 6.45) is 1.70. The summed E-state index contributed by atoms with van der Waals surface area (Å²) in [6.45, 7) is 0. The number of nitrogens with zero attached hydrogens (tertiary/aromatic N) is 4. The minimum atomic E-state index is -0.0919. The van der Waals surface area contributed by atoms with Crippen LogP contribution in [0.15, 0.2) is 48.7 Å². The van der Waals surface area contributed by atoms with Gasteiger partial charge in [-0.2, -0.15) is 0 Å². The monoisotopic (exact) mass is 326 g/mol. The molecule has 0 N–H and O–H groups in total. The SMILES string of the molecule is CN(C)c1cc2c3c(nc4ccccc42)C(=O)c2cccnc2-c3n1. The summed E-state index contributed by atoms with van der Waals surface area (Å²) in [6, 6.07) is 13.5. The lowest BCUT2D eigenvalue weighted by Gasteiger charge is -2.21. The number of anilines is 1. The molecule has 1 aliphatic rings. The summed E-state index contributed by atoms with van der Waals surface area (Å²) in [5.74, 6) is 0.738. The van der Waals surface area contributed by atoms with Crippen LogP contribution < -0.4 is 4.90 Å². The normalized spacial score (nSPS) is 12.5. The number of aromatic nitrogens is 3. The summed E-state index contributed by atoms with van der Waals surface area (Å²) in [7, 11) is 3.91. The Morgan fingerprint density at radius 1 is 0.880 bits per heavy atom. The van der Waals surface area contributed by atoms with Crippen molar-refractivity contribution < 1.29 is 4.79 Å². The molecule has 0 atom stereocenters. The van der Waals surface area contributed by atoms with Gasteiger partial charge in [0.15, 0.2) is 0 Å². The Labute approximate surface area is 144 Å². The van der Waals surface area contributed by atoms with Crippen molar-refractivity contribution in [1.29, 1.82) is 0 Å². The number of fused-ring (bicyclic) bond motifs is 4. The maximum absolute atomic E-state index is 13.0. The lowest BCUT2D eigenvalue weighted by molar-refractivity contribution is 0.103. The van der Waals surface area contributed by atoms with Crippen LogP contribution in [0.5, 0.6) is 0 Å². The standard InChI is InChI=1S/C20H14N4O/c1-24(2)15-10-13-11-6-3-4-8-14(11)22-19-16(13)18(23-15)17-12(20(19)25)7-5-9-21-17/h3-10H,1-2H3. The molecule has 0 radical (unpaired) electrons. The summed E-state index contributed by atoms with van der Waals surface area (Å²) < 4.78 is 0. The first kappa shape index (κ1) is 14.0. The summed E-state index contributed by atoms with van der Waals surface area (Å²) in [4.78, 5) is 28.9. The number of hydrogen-bond donors (Lipinski definition) is 0. The van der Waals surface area contributed by atoms with E-state index in [2.05, 4.69) is 9.97 Å². The molecule has 25 heavy (non-hydrogen) atoms. The predicted molar refractivity (Wildman–Crippen MR) is 98.0 cm³/mol. The Bertz CT molecular complexity index is 1200. The molecule has 0 saturated carbocycles. The van der Waals surface area contributed by atoms with Crippen molar-refractivity contribution in [3.63, 3.8) is 0 Å². The minimum Gasteiger partial charge on any atom is -0.363 e. The molecule has 0 spiro atoms. The highest BCUT2D eigenvalue weighted by atomic mass is 16.1. The van der Waals surface area contributed by atoms with Gasteiger partial charge in [0.1, 0.15) is 22.9 Å². The number of benzene rings is 1. The summed E-state index contributed by atoms with van der Waals surface area (Å²) >= 11 is 0. The van der Waals surface area contributed by atoms with Gasteiger partial charge in [0, 0.05) is 31.1 Å². The van der Waals surface area contributed by atoms with Crippen molar-refractivity contribution in [3.05, 3.63) is 59.9 Å². The van der Waals surface area contributed by atoms with Crippen LogP contribution in [0.25, 0.3) is 33.1 Å². The van der Waals surface area contributed by atoms with Gasteiger partial charge in [-0.25, -0.2) is 9.97 Å². The van der Waals surface area contributed by atoms with Gasteiger partial charge in [0.2, 0.25) is 5.78 Å². The topological polar surface area (TPSA) is 59.0 Å². The van der Waals surface area contributed by atoms with Crippen molar-refractivity contribution in [2.45, 2.75) is 0 Å². The van der Waals surface area contributed by atoms with Crippen LogP contribution >= 0.6 is 0 Å². The van der Waals surface area contributed by atoms with Crippen molar-refractivity contribution in [1.82, 2.24) is 15.0 Å². The molecule has 0 aliphatic heterocycles. The second-order valence-corrected chi connectivity index (χ2v) is 6.35. The van der Waals surface area contributed by atoms with E-state index < -0.39 is 0 Å². The molecule has 1 aromatic carbocycles. The zero-order valence-electron chi connectivity index (χ0n) is 13.8. The molecule has 1 aliphatic carbocycles. The number of rotatable bonds is 1. The van der Waals surface area contributed by atoms with E-state index in [1.807, 2.05) is 49.3 Å². The van der Waals surface area contributed by atoms with Gasteiger partial charge in [-0.05, 0) is 29.7 Å². The van der Waals surface area contributed by atoms with Crippen LogP contribution in [-0.2, 0) is 0 Å².